The van der Waals surface area contributed by atoms with Crippen molar-refractivity contribution < 1.29 is 33.4 Å². The summed E-state index contributed by atoms with van der Waals surface area (Å²) in [6.45, 7) is 3.59. The molecule has 1 unspecified atom stereocenters. The number of nitrogens with one attached hydrogen (secondary N) is 2. The second-order valence-electron chi connectivity index (χ2n) is 11.5. The number of hydrogen-bond acceptors (Lipinski definition) is 7. The first-order valence-corrected chi connectivity index (χ1v) is 16.2. The van der Waals surface area contributed by atoms with Gasteiger partial charge < -0.3 is 29.7 Å². The fourth-order valence-electron chi connectivity index (χ4n) is 5.20. The van der Waals surface area contributed by atoms with Gasteiger partial charge in [0.25, 0.3) is 0 Å². The molecule has 250 valence electrons. The molecule has 3 aromatic carbocycles. The van der Waals surface area contributed by atoms with Crippen LogP contribution in [0.3, 0.4) is 0 Å². The molecule has 0 saturated carbocycles. The summed E-state index contributed by atoms with van der Waals surface area (Å²) in [5.74, 6) is -1.12. The van der Waals surface area contributed by atoms with Gasteiger partial charge in [-0.15, -0.1) is 0 Å². The fourth-order valence-corrected chi connectivity index (χ4v) is 5.36. The summed E-state index contributed by atoms with van der Waals surface area (Å²) in [6, 6.07) is 22.8. The van der Waals surface area contributed by atoms with E-state index in [-0.39, 0.29) is 37.1 Å². The SMILES string of the molecule is CC(C)C[C@H](NC(=O)OCc1ccccc1)C(=O)N1CC(C[C@H](NC(=O)OCC(Cl)(Cl)Cl)C(=O)Oc2ccccc2)c2ccccc21. The number of hydrogen-bond donors (Lipinski definition) is 2. The van der Waals surface area contributed by atoms with Crippen molar-refractivity contribution in [2.24, 2.45) is 5.92 Å². The molecule has 0 bridgehead atoms. The van der Waals surface area contributed by atoms with E-state index in [9.17, 15) is 19.2 Å². The van der Waals surface area contributed by atoms with Gasteiger partial charge in [0.1, 0.15) is 31.0 Å². The molecule has 10 nitrogen and oxygen atoms in total. The number of carbonyl (C=O) groups is 4. The first-order valence-electron chi connectivity index (χ1n) is 15.0. The van der Waals surface area contributed by atoms with Gasteiger partial charge in [-0.05, 0) is 48.1 Å². The lowest BCUT2D eigenvalue weighted by atomic mass is 9.94. The molecular weight excluding hydrogens is 669 g/mol. The number of rotatable bonds is 12. The van der Waals surface area contributed by atoms with E-state index in [1.807, 2.05) is 56.3 Å². The molecule has 0 aromatic heterocycles. The number of alkyl carbamates (subject to hydrolysis) is 2. The van der Waals surface area contributed by atoms with Crippen molar-refractivity contribution in [1.82, 2.24) is 10.6 Å². The van der Waals surface area contributed by atoms with E-state index in [1.165, 1.54) is 0 Å². The summed E-state index contributed by atoms with van der Waals surface area (Å²) in [5, 5.41) is 5.27. The van der Waals surface area contributed by atoms with Gasteiger partial charge in [0, 0.05) is 18.2 Å². The number of nitrogens with zero attached hydrogens (tertiary/aromatic N) is 1. The van der Waals surface area contributed by atoms with E-state index in [0.29, 0.717) is 12.1 Å². The highest BCUT2D eigenvalue weighted by atomic mass is 35.6. The number of fused-ring (bicyclic) bond motifs is 1. The second-order valence-corrected chi connectivity index (χ2v) is 14.0. The van der Waals surface area contributed by atoms with E-state index in [0.717, 1.165) is 11.1 Å². The number of halogens is 3. The Kier molecular flexibility index (Phi) is 12.8. The van der Waals surface area contributed by atoms with Crippen LogP contribution in [0.4, 0.5) is 15.3 Å². The van der Waals surface area contributed by atoms with Gasteiger partial charge in [-0.3, -0.25) is 4.79 Å². The number of esters is 1. The maximum atomic E-state index is 14.1. The summed E-state index contributed by atoms with van der Waals surface area (Å²) >= 11 is 17.2. The molecule has 1 heterocycles. The van der Waals surface area contributed by atoms with Crippen molar-refractivity contribution in [2.45, 2.75) is 55.1 Å². The number of alkyl halides is 3. The van der Waals surface area contributed by atoms with Crippen LogP contribution in [0.5, 0.6) is 5.75 Å². The molecule has 0 fully saturated rings. The number of carbonyl (C=O) groups excluding carboxylic acids is 4. The third kappa shape index (κ3) is 11.1. The molecule has 47 heavy (non-hydrogen) atoms. The Balaban J connectivity index is 1.51. The van der Waals surface area contributed by atoms with Crippen LogP contribution in [-0.2, 0) is 25.7 Å². The zero-order chi connectivity index (χ0) is 34.0. The Morgan fingerprint density at radius 3 is 2.09 bits per heavy atom. The minimum Gasteiger partial charge on any atom is -0.445 e. The van der Waals surface area contributed by atoms with E-state index in [4.69, 9.17) is 49.0 Å². The summed E-state index contributed by atoms with van der Waals surface area (Å²) in [4.78, 5) is 54.5. The Morgan fingerprint density at radius 2 is 1.43 bits per heavy atom. The molecule has 3 aromatic rings. The quantitative estimate of drug-likeness (QED) is 0.119. The van der Waals surface area contributed by atoms with Gasteiger partial charge in [0.05, 0.1) is 0 Å². The summed E-state index contributed by atoms with van der Waals surface area (Å²) in [7, 11) is 0. The molecule has 0 saturated heterocycles. The predicted octanol–water partition coefficient (Wildman–Crippen LogP) is 6.92. The first-order chi connectivity index (χ1) is 22.4. The Hall–Kier alpha value is -3.99. The van der Waals surface area contributed by atoms with Crippen LogP contribution in [0.2, 0.25) is 0 Å². The third-order valence-electron chi connectivity index (χ3n) is 7.27. The van der Waals surface area contributed by atoms with Crippen LogP contribution in [0.1, 0.15) is 43.7 Å². The molecule has 0 spiro atoms. The summed E-state index contributed by atoms with van der Waals surface area (Å²) in [5.41, 5.74) is 2.23. The number of anilines is 1. The van der Waals surface area contributed by atoms with Crippen LogP contribution in [-0.4, -0.2) is 53.1 Å². The van der Waals surface area contributed by atoms with Gasteiger partial charge >= 0.3 is 18.2 Å². The zero-order valence-corrected chi connectivity index (χ0v) is 28.1. The molecule has 3 amide bonds. The molecule has 3 atom stereocenters. The van der Waals surface area contributed by atoms with Gasteiger partial charge in [-0.25, -0.2) is 14.4 Å². The summed E-state index contributed by atoms with van der Waals surface area (Å²) < 4.78 is 14.1. The Morgan fingerprint density at radius 1 is 0.830 bits per heavy atom. The normalized spacial score (nSPS) is 15.3. The molecule has 0 radical (unpaired) electrons. The van der Waals surface area contributed by atoms with Gasteiger partial charge in [0.2, 0.25) is 9.70 Å². The van der Waals surface area contributed by atoms with Crippen LogP contribution >= 0.6 is 34.8 Å². The van der Waals surface area contributed by atoms with Crippen LogP contribution in [0.15, 0.2) is 84.9 Å². The zero-order valence-electron chi connectivity index (χ0n) is 25.9. The fraction of sp³-hybridized carbons (Fsp3) is 0.353. The number of amides is 3. The molecule has 0 aliphatic carbocycles. The lowest BCUT2D eigenvalue weighted by Gasteiger charge is -2.26. The Bertz CT molecular complexity index is 1520. The molecule has 1 aliphatic heterocycles. The van der Waals surface area contributed by atoms with Crippen LogP contribution in [0, 0.1) is 5.92 Å². The smallest absolute Gasteiger partial charge is 0.408 e. The molecule has 4 rings (SSSR count). The lowest BCUT2D eigenvalue weighted by molar-refractivity contribution is -0.137. The maximum Gasteiger partial charge on any atom is 0.408 e. The average Bonchev–Trinajstić information content (AvgIpc) is 3.40. The minimum absolute atomic E-state index is 0.0523. The lowest BCUT2D eigenvalue weighted by Crippen LogP contribution is -2.49. The molecule has 1 aliphatic rings. The number of benzene rings is 3. The van der Waals surface area contributed by atoms with Crippen molar-refractivity contribution in [2.75, 3.05) is 18.1 Å². The highest BCUT2D eigenvalue weighted by molar-refractivity contribution is 6.67. The highest BCUT2D eigenvalue weighted by Crippen LogP contribution is 2.39. The minimum atomic E-state index is -1.85. The van der Waals surface area contributed by atoms with Gasteiger partial charge in [-0.2, -0.15) is 0 Å². The third-order valence-corrected chi connectivity index (χ3v) is 7.60. The Labute approximate surface area is 288 Å². The average molecular weight is 705 g/mol. The van der Waals surface area contributed by atoms with Crippen molar-refractivity contribution in [3.8, 4) is 5.75 Å². The number of para-hydroxylation sites is 2. The number of ether oxygens (including phenoxy) is 3. The summed E-state index contributed by atoms with van der Waals surface area (Å²) in [6.07, 6.45) is -1.28. The van der Waals surface area contributed by atoms with Gasteiger partial charge in [-0.1, -0.05) is 115 Å². The monoisotopic (exact) mass is 703 g/mol. The van der Waals surface area contributed by atoms with E-state index >= 15 is 0 Å². The molecular formula is C34H36Cl3N3O7. The van der Waals surface area contributed by atoms with Crippen molar-refractivity contribution >= 4 is 64.6 Å². The first kappa shape index (κ1) is 35.9. The van der Waals surface area contributed by atoms with Gasteiger partial charge in [0.15, 0.2) is 0 Å². The largest absolute Gasteiger partial charge is 0.445 e. The topological polar surface area (TPSA) is 123 Å². The highest BCUT2D eigenvalue weighted by Gasteiger charge is 2.39. The van der Waals surface area contributed by atoms with E-state index < -0.39 is 46.6 Å². The van der Waals surface area contributed by atoms with Crippen molar-refractivity contribution in [3.05, 3.63) is 96.1 Å². The van der Waals surface area contributed by atoms with Crippen molar-refractivity contribution in [3.63, 3.8) is 0 Å². The van der Waals surface area contributed by atoms with Crippen molar-refractivity contribution in [1.29, 1.82) is 0 Å². The van der Waals surface area contributed by atoms with Crippen LogP contribution < -0.4 is 20.3 Å². The predicted molar refractivity (Wildman–Crippen MR) is 180 cm³/mol. The maximum absolute atomic E-state index is 14.1. The van der Waals surface area contributed by atoms with Crippen LogP contribution in [0.25, 0.3) is 0 Å². The standard InChI is InChI=1S/C34H36Cl3N3O7/c1-22(2)17-27(38-32(43)45-20-23-11-5-3-6-12-23)30(41)40-19-24(26-15-9-10-16-29(26)40)18-28(39-33(44)46-21-34(35,36)37)31(42)47-25-13-7-4-8-14-25/h3-16,22,24,27-28H,17-21H2,1-2H3,(H,38,43)(H,39,44)/t24?,27-,28-/m0/s1. The molecule has 2 N–H and O–H groups in total. The van der Waals surface area contributed by atoms with E-state index in [1.54, 1.807) is 47.4 Å². The second kappa shape index (κ2) is 16.7. The van der Waals surface area contributed by atoms with E-state index in [2.05, 4.69) is 10.6 Å². The molecule has 13 heteroatoms.